The largest absolute Gasteiger partial charge is 0.492 e. The zero-order chi connectivity index (χ0) is 25.0. The van der Waals surface area contributed by atoms with Gasteiger partial charge in [0.25, 0.3) is 5.91 Å². The third-order valence-electron chi connectivity index (χ3n) is 4.85. The number of carboxylic acid groups (broad SMARTS) is 1. The van der Waals surface area contributed by atoms with Crippen LogP contribution in [0.1, 0.15) is 41.4 Å². The number of anilines is 1. The molecular weight excluding hydrogens is 491 g/mol. The van der Waals surface area contributed by atoms with Crippen LogP contribution in [0.5, 0.6) is 5.75 Å². The minimum absolute atomic E-state index is 0.0603. The molecule has 0 aliphatic carbocycles. The van der Waals surface area contributed by atoms with Gasteiger partial charge in [-0.25, -0.2) is 8.78 Å². The van der Waals surface area contributed by atoms with Crippen LogP contribution in [-0.2, 0) is 17.8 Å². The van der Waals surface area contributed by atoms with E-state index in [1.165, 1.54) is 24.4 Å². The maximum absolute atomic E-state index is 14.6. The Morgan fingerprint density at radius 1 is 1.21 bits per heavy atom. The molecule has 1 heterocycles. The average molecular weight is 512 g/mol. The Hall–Kier alpha value is -3.17. The van der Waals surface area contributed by atoms with Crippen LogP contribution in [0.25, 0.3) is 0 Å². The van der Waals surface area contributed by atoms with E-state index >= 15 is 0 Å². The van der Waals surface area contributed by atoms with Gasteiger partial charge in [0.1, 0.15) is 18.2 Å². The van der Waals surface area contributed by atoms with E-state index in [2.05, 4.69) is 10.4 Å². The molecule has 2 N–H and O–H groups in total. The number of carbonyl (C=O) groups excluding carboxylic acids is 1. The molecule has 2 aromatic carbocycles. The molecule has 0 spiro atoms. The number of carbonyl (C=O) groups is 2. The van der Waals surface area contributed by atoms with Gasteiger partial charge in [0, 0.05) is 6.07 Å². The van der Waals surface area contributed by atoms with Crippen molar-refractivity contribution in [1.82, 2.24) is 9.78 Å². The third kappa shape index (κ3) is 5.84. The zero-order valence-electron chi connectivity index (χ0n) is 18.2. The summed E-state index contributed by atoms with van der Waals surface area (Å²) in [4.78, 5) is 24.0. The summed E-state index contributed by atoms with van der Waals surface area (Å²) in [5.74, 6) is -3.00. The number of benzene rings is 2. The number of hydrogen-bond donors (Lipinski definition) is 2. The summed E-state index contributed by atoms with van der Waals surface area (Å²) >= 11 is 11.8. The van der Waals surface area contributed by atoms with Gasteiger partial charge in [-0.1, -0.05) is 43.1 Å². The van der Waals surface area contributed by atoms with Gasteiger partial charge >= 0.3 is 5.97 Å². The van der Waals surface area contributed by atoms with Crippen molar-refractivity contribution in [2.24, 2.45) is 0 Å². The molecule has 0 bridgehead atoms. The molecule has 180 valence electrons. The first kappa shape index (κ1) is 25.5. The number of aromatic nitrogens is 2. The van der Waals surface area contributed by atoms with E-state index in [9.17, 15) is 18.4 Å². The molecule has 0 fully saturated rings. The fraction of sp³-hybridized carbons (Fsp3) is 0.261. The number of carboxylic acids is 1. The lowest BCUT2D eigenvalue weighted by atomic mass is 10.0. The number of hydrogen-bond acceptors (Lipinski definition) is 4. The molecular formula is C23H21Cl2F2N3O4. The molecule has 1 amide bonds. The number of aliphatic carboxylic acids is 1. The standard InChI is InChI=1S/C23H21Cl2F2N3O4/c1-12(2)22-16(11-28-30(22)6-7-34-15-5-3-4-14(26)10-15)23(33)29-17-8-13(9-18(31)32)19(24)20(25)21(17)27/h3-5,8,10-12H,6-7,9H2,1-2H3,(H,29,33)(H,31,32). The average Bonchev–Trinajstić information content (AvgIpc) is 3.19. The fourth-order valence-electron chi connectivity index (χ4n) is 3.39. The van der Waals surface area contributed by atoms with E-state index in [-0.39, 0.29) is 40.9 Å². The molecule has 0 atom stereocenters. The Labute approximate surface area is 204 Å². The Morgan fingerprint density at radius 3 is 2.59 bits per heavy atom. The Kier molecular flexibility index (Phi) is 8.11. The minimum Gasteiger partial charge on any atom is -0.492 e. The van der Waals surface area contributed by atoms with Crippen molar-refractivity contribution >= 4 is 40.8 Å². The van der Waals surface area contributed by atoms with Gasteiger partial charge in [-0.15, -0.1) is 0 Å². The quantitative estimate of drug-likeness (QED) is 0.367. The summed E-state index contributed by atoms with van der Waals surface area (Å²) in [7, 11) is 0. The van der Waals surface area contributed by atoms with Crippen molar-refractivity contribution < 1.29 is 28.2 Å². The number of nitrogens with one attached hydrogen (secondary N) is 1. The van der Waals surface area contributed by atoms with E-state index in [0.717, 1.165) is 6.07 Å². The predicted molar refractivity (Wildman–Crippen MR) is 124 cm³/mol. The molecule has 0 aliphatic rings. The van der Waals surface area contributed by atoms with Gasteiger partial charge in [-0.3, -0.25) is 14.3 Å². The molecule has 3 rings (SSSR count). The summed E-state index contributed by atoms with van der Waals surface area (Å²) in [6.07, 6.45) is 0.850. The fourth-order valence-corrected chi connectivity index (χ4v) is 3.82. The normalized spacial score (nSPS) is 11.0. The first-order valence-electron chi connectivity index (χ1n) is 10.2. The Balaban J connectivity index is 1.81. The smallest absolute Gasteiger partial charge is 0.307 e. The molecule has 34 heavy (non-hydrogen) atoms. The molecule has 7 nitrogen and oxygen atoms in total. The summed E-state index contributed by atoms with van der Waals surface area (Å²) in [5, 5.41) is 15.0. The van der Waals surface area contributed by atoms with Crippen molar-refractivity contribution in [2.75, 3.05) is 11.9 Å². The number of amides is 1. The van der Waals surface area contributed by atoms with E-state index in [1.807, 2.05) is 13.8 Å². The van der Waals surface area contributed by atoms with E-state index < -0.39 is 35.0 Å². The molecule has 0 radical (unpaired) electrons. The van der Waals surface area contributed by atoms with Gasteiger partial charge in [0.2, 0.25) is 0 Å². The van der Waals surface area contributed by atoms with Crippen LogP contribution in [0.4, 0.5) is 14.5 Å². The number of ether oxygens (including phenoxy) is 1. The molecule has 0 saturated carbocycles. The molecule has 0 unspecified atom stereocenters. The summed E-state index contributed by atoms with van der Waals surface area (Å²) in [6, 6.07) is 6.87. The summed E-state index contributed by atoms with van der Waals surface area (Å²) in [5.41, 5.74) is 0.537. The molecule has 1 aromatic heterocycles. The highest BCUT2D eigenvalue weighted by Crippen LogP contribution is 2.34. The van der Waals surface area contributed by atoms with Crippen LogP contribution in [-0.4, -0.2) is 33.4 Å². The zero-order valence-corrected chi connectivity index (χ0v) is 19.8. The first-order valence-corrected chi connectivity index (χ1v) is 11.0. The summed E-state index contributed by atoms with van der Waals surface area (Å²) in [6.45, 7) is 4.18. The second-order valence-corrected chi connectivity index (χ2v) is 8.43. The van der Waals surface area contributed by atoms with E-state index in [1.54, 1.807) is 10.7 Å². The number of nitrogens with zero attached hydrogens (tertiary/aromatic N) is 2. The molecule has 11 heteroatoms. The molecule has 0 aliphatic heterocycles. The summed E-state index contributed by atoms with van der Waals surface area (Å²) < 4.78 is 35.1. The lowest BCUT2D eigenvalue weighted by Crippen LogP contribution is -2.18. The second kappa shape index (κ2) is 10.8. The predicted octanol–water partition coefficient (Wildman–Crippen LogP) is 5.55. The van der Waals surface area contributed by atoms with Crippen LogP contribution in [0.2, 0.25) is 10.0 Å². The molecule has 0 saturated heterocycles. The van der Waals surface area contributed by atoms with Gasteiger partial charge < -0.3 is 15.2 Å². The molecule has 3 aromatic rings. The minimum atomic E-state index is -1.19. The number of rotatable bonds is 9. The maximum Gasteiger partial charge on any atom is 0.307 e. The van der Waals surface area contributed by atoms with Gasteiger partial charge in [-0.2, -0.15) is 5.10 Å². The maximum atomic E-state index is 14.6. The van der Waals surface area contributed by atoms with Gasteiger partial charge in [-0.05, 0) is 29.7 Å². The Bertz CT molecular complexity index is 1230. The van der Waals surface area contributed by atoms with Crippen molar-refractivity contribution in [3.05, 3.63) is 75.0 Å². The van der Waals surface area contributed by atoms with Gasteiger partial charge in [0.05, 0.1) is 46.2 Å². The SMILES string of the molecule is CC(C)c1c(C(=O)Nc2cc(CC(=O)O)c(Cl)c(Cl)c2F)cnn1CCOc1cccc(F)c1. The van der Waals surface area contributed by atoms with Crippen molar-refractivity contribution in [1.29, 1.82) is 0 Å². The van der Waals surface area contributed by atoms with Crippen LogP contribution in [0.3, 0.4) is 0 Å². The van der Waals surface area contributed by atoms with Crippen molar-refractivity contribution in [3.63, 3.8) is 0 Å². The van der Waals surface area contributed by atoms with E-state index in [0.29, 0.717) is 11.4 Å². The lowest BCUT2D eigenvalue weighted by Gasteiger charge is -2.15. The van der Waals surface area contributed by atoms with Crippen LogP contribution < -0.4 is 10.1 Å². The monoisotopic (exact) mass is 511 g/mol. The Morgan fingerprint density at radius 2 is 1.94 bits per heavy atom. The van der Waals surface area contributed by atoms with Crippen molar-refractivity contribution in [2.45, 2.75) is 32.7 Å². The highest BCUT2D eigenvalue weighted by atomic mass is 35.5. The van der Waals surface area contributed by atoms with Gasteiger partial charge in [0.15, 0.2) is 5.82 Å². The number of halogens is 4. The lowest BCUT2D eigenvalue weighted by molar-refractivity contribution is -0.136. The third-order valence-corrected chi connectivity index (χ3v) is 5.74. The highest BCUT2D eigenvalue weighted by Gasteiger charge is 2.23. The highest BCUT2D eigenvalue weighted by molar-refractivity contribution is 6.43. The van der Waals surface area contributed by atoms with E-state index in [4.69, 9.17) is 33.0 Å². The van der Waals surface area contributed by atoms with Crippen LogP contribution >= 0.6 is 23.2 Å². The van der Waals surface area contributed by atoms with Crippen molar-refractivity contribution in [3.8, 4) is 5.75 Å². The van der Waals surface area contributed by atoms with Crippen LogP contribution in [0.15, 0.2) is 36.5 Å². The van der Waals surface area contributed by atoms with Crippen LogP contribution in [0, 0.1) is 11.6 Å². The second-order valence-electron chi connectivity index (χ2n) is 7.68. The first-order chi connectivity index (χ1) is 16.1. The topological polar surface area (TPSA) is 93.5 Å².